The van der Waals surface area contributed by atoms with Crippen molar-refractivity contribution in [1.82, 2.24) is 10.2 Å². The molecule has 2 atom stereocenters. The van der Waals surface area contributed by atoms with Crippen LogP contribution >= 0.6 is 15.9 Å². The number of rotatable bonds is 5. The molecule has 0 aromatic heterocycles. The van der Waals surface area contributed by atoms with Gasteiger partial charge in [-0.15, -0.1) is 0 Å². The number of hydrogen-bond acceptors (Lipinski definition) is 4. The van der Waals surface area contributed by atoms with Crippen molar-refractivity contribution in [3.63, 3.8) is 0 Å². The van der Waals surface area contributed by atoms with E-state index in [2.05, 4.69) is 26.1 Å². The minimum absolute atomic E-state index is 0.00920. The molecular formula is C17H22BrF2N3O2. The highest BCUT2D eigenvalue weighted by molar-refractivity contribution is 9.10. The summed E-state index contributed by atoms with van der Waals surface area (Å²) >= 11 is 3.55. The predicted octanol–water partition coefficient (Wildman–Crippen LogP) is 2.11. The van der Waals surface area contributed by atoms with Gasteiger partial charge in [0.05, 0.1) is 25.4 Å². The molecule has 25 heavy (non-hydrogen) atoms. The van der Waals surface area contributed by atoms with Crippen molar-refractivity contribution in [1.29, 1.82) is 0 Å². The van der Waals surface area contributed by atoms with Crippen molar-refractivity contribution in [3.05, 3.63) is 28.7 Å². The molecule has 138 valence electrons. The Morgan fingerprint density at radius 2 is 2.16 bits per heavy atom. The summed E-state index contributed by atoms with van der Waals surface area (Å²) in [5.41, 5.74) is 1.10. The molecule has 3 rings (SSSR count). The quantitative estimate of drug-likeness (QED) is 0.796. The Morgan fingerprint density at radius 3 is 2.92 bits per heavy atom. The number of nitrogens with zero attached hydrogens (tertiary/aromatic N) is 2. The third-order valence-electron chi connectivity index (χ3n) is 4.64. The first-order valence-corrected chi connectivity index (χ1v) is 9.23. The van der Waals surface area contributed by atoms with Crippen LogP contribution in [-0.4, -0.2) is 68.7 Å². The molecule has 0 bridgehead atoms. The van der Waals surface area contributed by atoms with E-state index in [1.807, 2.05) is 24.3 Å². The molecule has 1 amide bonds. The number of carbonyl (C=O) groups is 1. The second kappa shape index (κ2) is 8.42. The van der Waals surface area contributed by atoms with Crippen LogP contribution in [0.2, 0.25) is 0 Å². The van der Waals surface area contributed by atoms with Crippen LogP contribution in [0.1, 0.15) is 6.42 Å². The van der Waals surface area contributed by atoms with Crippen molar-refractivity contribution in [3.8, 4) is 0 Å². The van der Waals surface area contributed by atoms with Crippen LogP contribution < -0.4 is 10.2 Å². The van der Waals surface area contributed by atoms with Crippen LogP contribution in [0.25, 0.3) is 0 Å². The van der Waals surface area contributed by atoms with Crippen molar-refractivity contribution in [2.24, 2.45) is 0 Å². The number of ether oxygens (including phenoxy) is 1. The standard InChI is InChI=1S/C17H22BrF2N3O2/c18-13-3-1-2-4-14(13)22-6-5-12(9-22)21-17(24)15-11-25-8-7-23(15)10-16(19)20/h1-4,12,15-16H,5-11H2,(H,21,24)/t12-,15+/m0/s1. The molecule has 0 aliphatic carbocycles. The maximum Gasteiger partial charge on any atom is 0.251 e. The molecule has 1 N–H and O–H groups in total. The van der Waals surface area contributed by atoms with Gasteiger partial charge in [-0.1, -0.05) is 12.1 Å². The molecule has 2 saturated heterocycles. The van der Waals surface area contributed by atoms with Gasteiger partial charge in [0.25, 0.3) is 6.43 Å². The first-order chi connectivity index (χ1) is 12.0. The number of carbonyl (C=O) groups excluding carboxylic acids is 1. The average Bonchev–Trinajstić information content (AvgIpc) is 3.03. The fraction of sp³-hybridized carbons (Fsp3) is 0.588. The highest BCUT2D eigenvalue weighted by Crippen LogP contribution is 2.28. The Balaban J connectivity index is 1.57. The molecule has 2 heterocycles. The Bertz CT molecular complexity index is 605. The van der Waals surface area contributed by atoms with Gasteiger partial charge >= 0.3 is 0 Å². The highest BCUT2D eigenvalue weighted by Gasteiger charge is 2.33. The van der Waals surface area contributed by atoms with Crippen LogP contribution in [0.5, 0.6) is 0 Å². The van der Waals surface area contributed by atoms with Gasteiger partial charge in [0.2, 0.25) is 5.91 Å². The number of amides is 1. The van der Waals surface area contributed by atoms with E-state index in [4.69, 9.17) is 4.74 Å². The Kier molecular flexibility index (Phi) is 6.24. The Hall–Kier alpha value is -1.25. The summed E-state index contributed by atoms with van der Waals surface area (Å²) in [6.45, 7) is 2.06. The van der Waals surface area contributed by atoms with Crippen LogP contribution in [0, 0.1) is 0 Å². The molecule has 2 aliphatic heterocycles. The minimum atomic E-state index is -2.45. The average molecular weight is 418 g/mol. The normalized spacial score (nSPS) is 24.7. The maximum atomic E-state index is 12.7. The Morgan fingerprint density at radius 1 is 1.36 bits per heavy atom. The summed E-state index contributed by atoms with van der Waals surface area (Å²) in [6, 6.07) is 7.34. The second-order valence-corrected chi connectivity index (χ2v) is 7.22. The first-order valence-electron chi connectivity index (χ1n) is 8.44. The maximum absolute atomic E-state index is 12.7. The van der Waals surface area contributed by atoms with Crippen molar-refractivity contribution < 1.29 is 18.3 Å². The zero-order chi connectivity index (χ0) is 17.8. The largest absolute Gasteiger partial charge is 0.378 e. The van der Waals surface area contributed by atoms with E-state index >= 15 is 0 Å². The molecule has 0 saturated carbocycles. The minimum Gasteiger partial charge on any atom is -0.378 e. The van der Waals surface area contributed by atoms with Crippen molar-refractivity contribution in [2.75, 3.05) is 44.3 Å². The lowest BCUT2D eigenvalue weighted by Gasteiger charge is -2.34. The van der Waals surface area contributed by atoms with E-state index in [9.17, 15) is 13.6 Å². The molecule has 0 unspecified atom stereocenters. The van der Waals surface area contributed by atoms with E-state index in [0.717, 1.165) is 23.1 Å². The van der Waals surface area contributed by atoms with Crippen molar-refractivity contribution in [2.45, 2.75) is 24.9 Å². The monoisotopic (exact) mass is 417 g/mol. The summed E-state index contributed by atoms with van der Waals surface area (Å²) < 4.78 is 31.8. The fourth-order valence-corrected chi connectivity index (χ4v) is 3.91. The number of halogens is 3. The lowest BCUT2D eigenvalue weighted by molar-refractivity contribution is -0.134. The van der Waals surface area contributed by atoms with E-state index < -0.39 is 19.0 Å². The number of alkyl halides is 2. The van der Waals surface area contributed by atoms with Gasteiger partial charge < -0.3 is 15.0 Å². The van der Waals surface area contributed by atoms with Gasteiger partial charge in [-0.3, -0.25) is 9.69 Å². The predicted molar refractivity (Wildman–Crippen MR) is 95.1 cm³/mol. The lowest BCUT2D eigenvalue weighted by atomic mass is 10.2. The van der Waals surface area contributed by atoms with Crippen LogP contribution in [-0.2, 0) is 9.53 Å². The molecule has 0 radical (unpaired) electrons. The number of benzene rings is 1. The first kappa shape index (κ1) is 18.5. The lowest BCUT2D eigenvalue weighted by Crippen LogP contribution is -2.56. The topological polar surface area (TPSA) is 44.8 Å². The van der Waals surface area contributed by atoms with E-state index in [1.54, 1.807) is 0 Å². The summed E-state index contributed by atoms with van der Waals surface area (Å²) in [5.74, 6) is -0.223. The molecule has 2 fully saturated rings. The summed E-state index contributed by atoms with van der Waals surface area (Å²) in [6.07, 6.45) is -1.62. The van der Waals surface area contributed by atoms with E-state index in [0.29, 0.717) is 19.7 Å². The van der Waals surface area contributed by atoms with Crippen LogP contribution in [0.3, 0.4) is 0 Å². The van der Waals surface area contributed by atoms with Crippen LogP contribution in [0.15, 0.2) is 28.7 Å². The summed E-state index contributed by atoms with van der Waals surface area (Å²) in [5, 5.41) is 3.01. The van der Waals surface area contributed by atoms with Gasteiger partial charge in [-0.2, -0.15) is 0 Å². The Labute approximate surface area is 154 Å². The molecule has 2 aliphatic rings. The highest BCUT2D eigenvalue weighted by atomic mass is 79.9. The van der Waals surface area contributed by atoms with Crippen molar-refractivity contribution >= 4 is 27.5 Å². The third-order valence-corrected chi connectivity index (χ3v) is 5.31. The second-order valence-electron chi connectivity index (χ2n) is 6.37. The number of para-hydroxylation sites is 1. The summed E-state index contributed by atoms with van der Waals surface area (Å²) in [4.78, 5) is 16.3. The summed E-state index contributed by atoms with van der Waals surface area (Å²) in [7, 11) is 0. The van der Waals surface area contributed by atoms with E-state index in [1.165, 1.54) is 4.90 Å². The van der Waals surface area contributed by atoms with Gasteiger partial charge in [-0.25, -0.2) is 8.78 Å². The van der Waals surface area contributed by atoms with Gasteiger partial charge in [-0.05, 0) is 34.5 Å². The number of hydrogen-bond donors (Lipinski definition) is 1. The molecule has 1 aromatic rings. The number of anilines is 1. The smallest absolute Gasteiger partial charge is 0.251 e. The van der Waals surface area contributed by atoms with Crippen LogP contribution in [0.4, 0.5) is 14.5 Å². The van der Waals surface area contributed by atoms with E-state index in [-0.39, 0.29) is 18.6 Å². The third kappa shape index (κ3) is 4.68. The SMILES string of the molecule is O=C(N[C@H]1CCN(c2ccccc2Br)C1)[C@H]1COCCN1CC(F)F. The molecule has 8 heteroatoms. The zero-order valence-electron chi connectivity index (χ0n) is 13.8. The fourth-order valence-electron chi connectivity index (χ4n) is 3.38. The van der Waals surface area contributed by atoms with Gasteiger partial charge in [0.15, 0.2) is 0 Å². The number of morpholine rings is 1. The zero-order valence-corrected chi connectivity index (χ0v) is 15.4. The molecule has 5 nitrogen and oxygen atoms in total. The molecule has 1 aromatic carbocycles. The number of nitrogens with one attached hydrogen (secondary N) is 1. The van der Waals surface area contributed by atoms with Gasteiger partial charge in [0, 0.05) is 30.1 Å². The molecule has 0 spiro atoms. The van der Waals surface area contributed by atoms with Gasteiger partial charge in [0.1, 0.15) is 6.04 Å². The molecular weight excluding hydrogens is 396 g/mol.